The van der Waals surface area contributed by atoms with Gasteiger partial charge in [-0.25, -0.2) is 9.97 Å². The van der Waals surface area contributed by atoms with Gasteiger partial charge < -0.3 is 10.3 Å². The second kappa shape index (κ2) is 5.89. The number of hydrogen-bond acceptors (Lipinski definition) is 6. The fraction of sp³-hybridized carbons (Fsp3) is 0.231. The maximum Gasteiger partial charge on any atom is 0.143 e. The van der Waals surface area contributed by atoms with Crippen LogP contribution < -0.4 is 5.32 Å². The van der Waals surface area contributed by atoms with Crippen molar-refractivity contribution in [3.8, 4) is 10.7 Å². The summed E-state index contributed by atoms with van der Waals surface area (Å²) in [6, 6.07) is 0. The number of aromatic amines is 1. The molecule has 0 aliphatic rings. The minimum absolute atomic E-state index is 0.711. The molecule has 20 heavy (non-hydrogen) atoms. The number of nitrogens with one attached hydrogen (secondary N) is 2. The summed E-state index contributed by atoms with van der Waals surface area (Å²) in [4.78, 5) is 20.2. The fourth-order valence-corrected chi connectivity index (χ4v) is 2.57. The molecule has 102 valence electrons. The molecule has 0 saturated carbocycles. The quantitative estimate of drug-likeness (QED) is 0.749. The molecule has 0 atom stereocenters. The Morgan fingerprint density at radius 2 is 2.20 bits per heavy atom. The second-order valence-corrected chi connectivity index (χ2v) is 5.17. The molecule has 2 N–H and O–H groups in total. The van der Waals surface area contributed by atoms with Crippen molar-refractivity contribution in [2.24, 2.45) is 0 Å². The predicted molar refractivity (Wildman–Crippen MR) is 77.0 cm³/mol. The molecular formula is C13H14N6S. The van der Waals surface area contributed by atoms with E-state index in [0.717, 1.165) is 34.3 Å². The van der Waals surface area contributed by atoms with Gasteiger partial charge in [0, 0.05) is 36.6 Å². The summed E-state index contributed by atoms with van der Waals surface area (Å²) in [5.41, 5.74) is 3.95. The van der Waals surface area contributed by atoms with Gasteiger partial charge in [0.1, 0.15) is 10.7 Å². The third-order valence-electron chi connectivity index (χ3n) is 2.87. The summed E-state index contributed by atoms with van der Waals surface area (Å²) >= 11 is 1.58. The van der Waals surface area contributed by atoms with Crippen LogP contribution in [0.2, 0.25) is 0 Å². The van der Waals surface area contributed by atoms with Gasteiger partial charge in [0.2, 0.25) is 0 Å². The van der Waals surface area contributed by atoms with Crippen molar-refractivity contribution in [3.63, 3.8) is 0 Å². The predicted octanol–water partition coefficient (Wildman–Crippen LogP) is 1.92. The molecule has 3 heterocycles. The third-order valence-corrected chi connectivity index (χ3v) is 3.78. The Balaban J connectivity index is 1.59. The molecular weight excluding hydrogens is 272 g/mol. The van der Waals surface area contributed by atoms with Gasteiger partial charge in [0.05, 0.1) is 23.9 Å². The van der Waals surface area contributed by atoms with Gasteiger partial charge in [-0.3, -0.25) is 9.97 Å². The van der Waals surface area contributed by atoms with E-state index in [1.165, 1.54) is 0 Å². The molecule has 0 radical (unpaired) electrons. The summed E-state index contributed by atoms with van der Waals surface area (Å²) in [6.07, 6.45) is 6.77. The first kappa shape index (κ1) is 12.9. The molecule has 0 aromatic carbocycles. The lowest BCUT2D eigenvalue weighted by atomic mass is 10.3. The minimum Gasteiger partial charge on any atom is -0.348 e. The lowest BCUT2D eigenvalue weighted by molar-refractivity contribution is 0.670. The van der Waals surface area contributed by atoms with Crippen LogP contribution in [0.15, 0.2) is 30.3 Å². The standard InChI is InChI=1S/C13H14N6S/c1-9-11(18-8-17-9)5-15-4-10-7-20-13(19-10)12-6-14-2-3-16-12/h2-3,6-8,15H,4-5H2,1H3,(H,17,18). The molecule has 0 amide bonds. The highest BCUT2D eigenvalue weighted by Crippen LogP contribution is 2.20. The largest absolute Gasteiger partial charge is 0.348 e. The van der Waals surface area contributed by atoms with E-state index in [4.69, 9.17) is 0 Å². The Bertz CT molecular complexity index is 675. The van der Waals surface area contributed by atoms with E-state index >= 15 is 0 Å². The Morgan fingerprint density at radius 3 is 2.95 bits per heavy atom. The van der Waals surface area contributed by atoms with Gasteiger partial charge in [-0.2, -0.15) is 0 Å². The van der Waals surface area contributed by atoms with Crippen molar-refractivity contribution >= 4 is 11.3 Å². The maximum absolute atomic E-state index is 4.55. The highest BCUT2D eigenvalue weighted by atomic mass is 32.1. The van der Waals surface area contributed by atoms with Crippen LogP contribution in [0.4, 0.5) is 0 Å². The van der Waals surface area contributed by atoms with Crippen LogP contribution in [0.5, 0.6) is 0 Å². The van der Waals surface area contributed by atoms with E-state index < -0.39 is 0 Å². The number of aromatic nitrogens is 5. The highest BCUT2D eigenvalue weighted by Gasteiger charge is 2.06. The molecule has 6 nitrogen and oxygen atoms in total. The molecule has 7 heteroatoms. The van der Waals surface area contributed by atoms with Crippen LogP contribution in [0.3, 0.4) is 0 Å². The topological polar surface area (TPSA) is 79.4 Å². The van der Waals surface area contributed by atoms with Crippen LogP contribution in [0.1, 0.15) is 17.1 Å². The van der Waals surface area contributed by atoms with E-state index in [1.807, 2.05) is 12.3 Å². The van der Waals surface area contributed by atoms with Crippen LogP contribution in [0, 0.1) is 6.92 Å². The van der Waals surface area contributed by atoms with Gasteiger partial charge in [-0.15, -0.1) is 11.3 Å². The average Bonchev–Trinajstić information content (AvgIpc) is 3.10. The summed E-state index contributed by atoms with van der Waals surface area (Å²) in [7, 11) is 0. The smallest absolute Gasteiger partial charge is 0.143 e. The van der Waals surface area contributed by atoms with Gasteiger partial charge in [0.25, 0.3) is 0 Å². The minimum atomic E-state index is 0.711. The zero-order valence-corrected chi connectivity index (χ0v) is 11.8. The number of hydrogen-bond donors (Lipinski definition) is 2. The zero-order valence-electron chi connectivity index (χ0n) is 11.0. The molecule has 0 aliphatic heterocycles. The molecule has 3 rings (SSSR count). The van der Waals surface area contributed by atoms with Crippen LogP contribution in [0.25, 0.3) is 10.7 Å². The number of rotatable bonds is 5. The lowest BCUT2D eigenvalue weighted by Crippen LogP contribution is -2.13. The van der Waals surface area contributed by atoms with E-state index in [0.29, 0.717) is 6.54 Å². The first-order chi connectivity index (χ1) is 9.83. The van der Waals surface area contributed by atoms with Crippen LogP contribution in [-0.2, 0) is 13.1 Å². The Kier molecular flexibility index (Phi) is 3.80. The number of thiazole rings is 1. The van der Waals surface area contributed by atoms with E-state index in [1.54, 1.807) is 36.3 Å². The summed E-state index contributed by atoms with van der Waals surface area (Å²) in [6.45, 7) is 3.45. The molecule has 3 aromatic heterocycles. The average molecular weight is 286 g/mol. The number of H-pyrrole nitrogens is 1. The normalized spacial score (nSPS) is 10.8. The maximum atomic E-state index is 4.55. The van der Waals surface area contributed by atoms with E-state index in [2.05, 4.69) is 30.2 Å². The van der Waals surface area contributed by atoms with E-state index in [9.17, 15) is 0 Å². The van der Waals surface area contributed by atoms with E-state index in [-0.39, 0.29) is 0 Å². The first-order valence-corrected chi connectivity index (χ1v) is 7.11. The van der Waals surface area contributed by atoms with Crippen LogP contribution in [-0.4, -0.2) is 24.9 Å². The molecule has 0 fully saturated rings. The van der Waals surface area contributed by atoms with Gasteiger partial charge in [0.15, 0.2) is 0 Å². The molecule has 0 unspecified atom stereocenters. The SMILES string of the molecule is Cc1[nH]cnc1CNCc1csc(-c2cnccn2)n1. The molecule has 0 bridgehead atoms. The third kappa shape index (κ3) is 2.89. The molecule has 0 spiro atoms. The first-order valence-electron chi connectivity index (χ1n) is 6.23. The van der Waals surface area contributed by atoms with Crippen molar-refractivity contribution < 1.29 is 0 Å². The van der Waals surface area contributed by atoms with Crippen molar-refractivity contribution in [2.45, 2.75) is 20.0 Å². The van der Waals surface area contributed by atoms with Crippen molar-refractivity contribution in [1.29, 1.82) is 0 Å². The van der Waals surface area contributed by atoms with Crippen molar-refractivity contribution in [2.75, 3.05) is 0 Å². The lowest BCUT2D eigenvalue weighted by Gasteiger charge is -2.00. The Labute approximate surface area is 120 Å². The Hall–Kier alpha value is -2.12. The van der Waals surface area contributed by atoms with Gasteiger partial charge in [-0.1, -0.05) is 0 Å². The highest BCUT2D eigenvalue weighted by molar-refractivity contribution is 7.13. The second-order valence-electron chi connectivity index (χ2n) is 4.31. The summed E-state index contributed by atoms with van der Waals surface area (Å²) in [5.74, 6) is 0. The van der Waals surface area contributed by atoms with Crippen molar-refractivity contribution in [1.82, 2.24) is 30.2 Å². The van der Waals surface area contributed by atoms with Gasteiger partial charge in [-0.05, 0) is 6.92 Å². The number of nitrogens with zero attached hydrogens (tertiary/aromatic N) is 4. The Morgan fingerprint density at radius 1 is 1.25 bits per heavy atom. The molecule has 0 aliphatic carbocycles. The summed E-state index contributed by atoms with van der Waals surface area (Å²) in [5, 5.41) is 6.27. The van der Waals surface area contributed by atoms with Gasteiger partial charge >= 0.3 is 0 Å². The molecule has 0 saturated heterocycles. The molecule has 3 aromatic rings. The van der Waals surface area contributed by atoms with Crippen molar-refractivity contribution in [3.05, 3.63) is 47.4 Å². The fourth-order valence-electron chi connectivity index (χ4n) is 1.79. The number of imidazole rings is 1. The summed E-state index contributed by atoms with van der Waals surface area (Å²) < 4.78 is 0. The monoisotopic (exact) mass is 286 g/mol. The number of aryl methyl sites for hydroxylation is 1. The zero-order chi connectivity index (χ0) is 13.8. The van der Waals surface area contributed by atoms with Crippen LogP contribution >= 0.6 is 11.3 Å².